The van der Waals surface area contributed by atoms with Crippen LogP contribution < -0.4 is 0 Å². The first-order valence-corrected chi connectivity index (χ1v) is 8.09. The number of ether oxygens (including phenoxy) is 2. The highest BCUT2D eigenvalue weighted by Crippen LogP contribution is 2.11. The van der Waals surface area contributed by atoms with E-state index in [1.165, 1.54) is 0 Å². The zero-order chi connectivity index (χ0) is 16.5. The maximum Gasteiger partial charge on any atom is 0.0895 e. The van der Waals surface area contributed by atoms with Gasteiger partial charge in [-0.25, -0.2) is 0 Å². The molecule has 0 amide bonds. The summed E-state index contributed by atoms with van der Waals surface area (Å²) in [6.07, 6.45) is 3.46. The Labute approximate surface area is 138 Å². The Balaban J connectivity index is 1.69. The van der Waals surface area contributed by atoms with Crippen molar-refractivity contribution >= 4 is 0 Å². The van der Waals surface area contributed by atoms with Crippen molar-refractivity contribution in [1.82, 2.24) is 9.97 Å². The van der Waals surface area contributed by atoms with Gasteiger partial charge in [0.15, 0.2) is 0 Å². The molecule has 0 unspecified atom stereocenters. The summed E-state index contributed by atoms with van der Waals surface area (Å²) in [6, 6.07) is 12.0. The van der Waals surface area contributed by atoms with Gasteiger partial charge in [-0.2, -0.15) is 0 Å². The Morgan fingerprint density at radius 3 is 2.26 bits per heavy atom. The molecule has 124 valence electrons. The van der Waals surface area contributed by atoms with Gasteiger partial charge in [-0.05, 0) is 45.0 Å². The Kier molecular flexibility index (Phi) is 6.68. The lowest BCUT2D eigenvalue weighted by molar-refractivity contribution is -0.0165. The van der Waals surface area contributed by atoms with Gasteiger partial charge in [0.1, 0.15) is 0 Å². The van der Waals surface area contributed by atoms with E-state index in [0.717, 1.165) is 29.9 Å². The van der Waals surface area contributed by atoms with Crippen molar-refractivity contribution in [3.8, 4) is 0 Å². The second kappa shape index (κ2) is 8.75. The van der Waals surface area contributed by atoms with E-state index in [-0.39, 0.29) is 5.60 Å². The Bertz CT molecular complexity index is 579. The van der Waals surface area contributed by atoms with Gasteiger partial charge in [-0.15, -0.1) is 0 Å². The lowest BCUT2D eigenvalue weighted by Crippen LogP contribution is -2.19. The van der Waals surface area contributed by atoms with Crippen molar-refractivity contribution in [2.24, 2.45) is 0 Å². The van der Waals surface area contributed by atoms with Crippen LogP contribution in [-0.4, -0.2) is 28.8 Å². The molecular weight excluding hydrogens is 288 g/mol. The van der Waals surface area contributed by atoms with Crippen molar-refractivity contribution in [1.29, 1.82) is 0 Å². The summed E-state index contributed by atoms with van der Waals surface area (Å²) in [5.41, 5.74) is 2.92. The van der Waals surface area contributed by atoms with Crippen LogP contribution in [0.5, 0.6) is 0 Å². The molecule has 0 aromatic carbocycles. The number of nitrogens with zero attached hydrogens (tertiary/aromatic N) is 2. The predicted molar refractivity (Wildman–Crippen MR) is 91.2 cm³/mol. The minimum Gasteiger partial charge on any atom is -0.381 e. The minimum atomic E-state index is -0.147. The monoisotopic (exact) mass is 314 g/mol. The summed E-state index contributed by atoms with van der Waals surface area (Å²) in [7, 11) is 0. The van der Waals surface area contributed by atoms with Crippen molar-refractivity contribution in [3.05, 3.63) is 59.7 Å². The fraction of sp³-hybridized carbons (Fsp3) is 0.474. The Hall–Kier alpha value is -1.78. The quantitative estimate of drug-likeness (QED) is 0.698. The summed E-state index contributed by atoms with van der Waals surface area (Å²) in [5, 5.41) is 0. The molecule has 2 aromatic heterocycles. The highest BCUT2D eigenvalue weighted by Gasteiger charge is 2.10. The predicted octanol–water partition coefficient (Wildman–Crippen LogP) is 3.59. The zero-order valence-electron chi connectivity index (χ0n) is 14.3. The van der Waals surface area contributed by atoms with Gasteiger partial charge in [-0.1, -0.05) is 12.1 Å². The number of aromatic nitrogens is 2. The maximum atomic E-state index is 5.76. The van der Waals surface area contributed by atoms with Gasteiger partial charge in [-0.3, -0.25) is 9.97 Å². The lowest BCUT2D eigenvalue weighted by atomic mass is 10.2. The SMILES string of the molecule is CC(C)(C)OCc1cccc(CCOCCc2ccccn2)n1. The highest BCUT2D eigenvalue weighted by molar-refractivity contribution is 5.11. The molecular formula is C19H26N2O2. The fourth-order valence-corrected chi connectivity index (χ4v) is 2.04. The van der Waals surface area contributed by atoms with Gasteiger partial charge in [0.25, 0.3) is 0 Å². The van der Waals surface area contributed by atoms with E-state index in [1.54, 1.807) is 0 Å². The summed E-state index contributed by atoms with van der Waals surface area (Å²) in [4.78, 5) is 8.89. The smallest absolute Gasteiger partial charge is 0.0895 e. The molecule has 4 nitrogen and oxygen atoms in total. The topological polar surface area (TPSA) is 44.2 Å². The minimum absolute atomic E-state index is 0.147. The van der Waals surface area contributed by atoms with Crippen molar-refractivity contribution in [2.75, 3.05) is 13.2 Å². The van der Waals surface area contributed by atoms with E-state index in [9.17, 15) is 0 Å². The first-order chi connectivity index (χ1) is 11.0. The van der Waals surface area contributed by atoms with E-state index < -0.39 is 0 Å². The molecule has 0 aliphatic rings. The van der Waals surface area contributed by atoms with Gasteiger partial charge in [0, 0.05) is 30.4 Å². The standard InChI is InChI=1S/C19H26N2O2/c1-19(2,3)23-15-18-9-6-8-17(21-18)11-14-22-13-10-16-7-4-5-12-20-16/h4-9,12H,10-11,13-15H2,1-3H3. The molecule has 0 atom stereocenters. The summed E-state index contributed by atoms with van der Waals surface area (Å²) >= 11 is 0. The molecule has 0 saturated heterocycles. The Morgan fingerprint density at radius 1 is 0.870 bits per heavy atom. The number of rotatable bonds is 8. The van der Waals surface area contributed by atoms with E-state index in [2.05, 4.69) is 9.97 Å². The summed E-state index contributed by atoms with van der Waals surface area (Å²) in [5.74, 6) is 0. The molecule has 0 bridgehead atoms. The van der Waals surface area contributed by atoms with Crippen LogP contribution in [0.25, 0.3) is 0 Å². The van der Waals surface area contributed by atoms with Gasteiger partial charge < -0.3 is 9.47 Å². The molecule has 0 saturated carbocycles. The molecule has 2 aromatic rings. The first kappa shape index (κ1) is 17.6. The fourth-order valence-electron chi connectivity index (χ4n) is 2.04. The summed E-state index contributed by atoms with van der Waals surface area (Å²) in [6.45, 7) is 8.04. The van der Waals surface area contributed by atoms with E-state index >= 15 is 0 Å². The highest BCUT2D eigenvalue weighted by atomic mass is 16.5. The largest absolute Gasteiger partial charge is 0.381 e. The molecule has 2 rings (SSSR count). The third-order valence-corrected chi connectivity index (χ3v) is 3.25. The lowest BCUT2D eigenvalue weighted by Gasteiger charge is -2.19. The molecule has 0 fully saturated rings. The van der Waals surface area contributed by atoms with Crippen LogP contribution in [0.1, 0.15) is 37.9 Å². The van der Waals surface area contributed by atoms with Crippen LogP contribution >= 0.6 is 0 Å². The molecule has 0 spiro atoms. The van der Waals surface area contributed by atoms with Crippen LogP contribution in [0.4, 0.5) is 0 Å². The van der Waals surface area contributed by atoms with Gasteiger partial charge in [0.05, 0.1) is 31.1 Å². The van der Waals surface area contributed by atoms with E-state index in [0.29, 0.717) is 19.8 Å². The van der Waals surface area contributed by atoms with Gasteiger partial charge >= 0.3 is 0 Å². The van der Waals surface area contributed by atoms with E-state index in [1.807, 2.05) is 63.4 Å². The average molecular weight is 314 g/mol. The molecule has 0 aliphatic heterocycles. The summed E-state index contributed by atoms with van der Waals surface area (Å²) < 4.78 is 11.4. The second-order valence-electron chi connectivity index (χ2n) is 6.45. The third-order valence-electron chi connectivity index (χ3n) is 3.25. The second-order valence-corrected chi connectivity index (χ2v) is 6.45. The normalized spacial score (nSPS) is 11.6. The first-order valence-electron chi connectivity index (χ1n) is 8.09. The van der Waals surface area contributed by atoms with Crippen molar-refractivity contribution in [2.45, 2.75) is 45.8 Å². The van der Waals surface area contributed by atoms with Crippen LogP contribution in [0.3, 0.4) is 0 Å². The van der Waals surface area contributed by atoms with E-state index in [4.69, 9.17) is 9.47 Å². The molecule has 0 radical (unpaired) electrons. The number of hydrogen-bond donors (Lipinski definition) is 0. The van der Waals surface area contributed by atoms with Crippen LogP contribution in [-0.2, 0) is 28.9 Å². The molecule has 23 heavy (non-hydrogen) atoms. The van der Waals surface area contributed by atoms with Gasteiger partial charge in [0.2, 0.25) is 0 Å². The Morgan fingerprint density at radius 2 is 1.57 bits per heavy atom. The maximum absolute atomic E-state index is 5.76. The number of hydrogen-bond acceptors (Lipinski definition) is 4. The molecule has 4 heteroatoms. The zero-order valence-corrected chi connectivity index (χ0v) is 14.3. The third kappa shape index (κ3) is 7.35. The van der Waals surface area contributed by atoms with Crippen LogP contribution in [0.2, 0.25) is 0 Å². The average Bonchev–Trinajstić information content (AvgIpc) is 2.53. The van der Waals surface area contributed by atoms with Crippen LogP contribution in [0, 0.1) is 0 Å². The molecule has 0 N–H and O–H groups in total. The molecule has 0 aliphatic carbocycles. The van der Waals surface area contributed by atoms with Crippen LogP contribution in [0.15, 0.2) is 42.6 Å². The van der Waals surface area contributed by atoms with Crippen molar-refractivity contribution < 1.29 is 9.47 Å². The number of pyridine rings is 2. The molecule has 2 heterocycles. The van der Waals surface area contributed by atoms with Crippen molar-refractivity contribution in [3.63, 3.8) is 0 Å².